The van der Waals surface area contributed by atoms with Crippen LogP contribution in [0.5, 0.6) is 0 Å². The molecule has 0 aromatic carbocycles. The van der Waals surface area contributed by atoms with E-state index >= 15 is 0 Å². The molecule has 1 rings (SSSR count). The predicted octanol–water partition coefficient (Wildman–Crippen LogP) is -0.532. The van der Waals surface area contributed by atoms with Gasteiger partial charge in [0, 0.05) is 0 Å². The summed E-state index contributed by atoms with van der Waals surface area (Å²) in [7, 11) is 0. The lowest BCUT2D eigenvalue weighted by Gasteiger charge is -1.93. The van der Waals surface area contributed by atoms with Crippen molar-refractivity contribution in [3.8, 4) is 0 Å². The molecule has 3 nitrogen and oxygen atoms in total. The van der Waals surface area contributed by atoms with Crippen molar-refractivity contribution in [1.82, 2.24) is 10.9 Å². The molecular formula is C3H7N3. The maximum absolute atomic E-state index is 3.89. The Morgan fingerprint density at radius 1 is 1.83 bits per heavy atom. The van der Waals surface area contributed by atoms with Crippen LogP contribution in [0.4, 0.5) is 0 Å². The van der Waals surface area contributed by atoms with Crippen molar-refractivity contribution in [2.24, 2.45) is 4.99 Å². The third-order valence-corrected chi connectivity index (χ3v) is 0.655. The summed E-state index contributed by atoms with van der Waals surface area (Å²) >= 11 is 0. The lowest BCUT2D eigenvalue weighted by molar-refractivity contribution is 0.590. The van der Waals surface area contributed by atoms with E-state index in [9.17, 15) is 0 Å². The molecule has 3 heteroatoms. The van der Waals surface area contributed by atoms with E-state index in [1.807, 2.05) is 6.92 Å². The molecule has 0 saturated carbocycles. The summed E-state index contributed by atoms with van der Waals surface area (Å²) in [6.07, 6.45) is 1.90. The van der Waals surface area contributed by atoms with Gasteiger partial charge in [-0.25, -0.2) is 5.43 Å². The van der Waals surface area contributed by atoms with Gasteiger partial charge in [0.25, 0.3) is 0 Å². The van der Waals surface area contributed by atoms with Crippen molar-refractivity contribution in [2.75, 3.05) is 0 Å². The first-order chi connectivity index (χ1) is 2.89. The van der Waals surface area contributed by atoms with E-state index in [-0.39, 0.29) is 6.17 Å². The number of aliphatic imine (C=N–C) groups is 1. The van der Waals surface area contributed by atoms with Gasteiger partial charge in [0.05, 0.1) is 6.34 Å². The van der Waals surface area contributed by atoms with Crippen LogP contribution in [0.3, 0.4) is 0 Å². The second-order valence-corrected chi connectivity index (χ2v) is 1.24. The third kappa shape index (κ3) is 0.490. The zero-order valence-corrected chi connectivity index (χ0v) is 3.60. The highest BCUT2D eigenvalue weighted by atomic mass is 15.5. The Balaban J connectivity index is 2.38. The highest BCUT2D eigenvalue weighted by molar-refractivity contribution is 5.55. The van der Waals surface area contributed by atoms with Gasteiger partial charge in [0.1, 0.15) is 6.17 Å². The maximum Gasteiger partial charge on any atom is 0.115 e. The van der Waals surface area contributed by atoms with Gasteiger partial charge >= 0.3 is 0 Å². The number of rotatable bonds is 0. The van der Waals surface area contributed by atoms with E-state index in [2.05, 4.69) is 15.8 Å². The molecule has 0 bridgehead atoms. The molecule has 1 aliphatic rings. The van der Waals surface area contributed by atoms with E-state index in [1.54, 1.807) is 6.34 Å². The zero-order chi connectivity index (χ0) is 4.41. The molecule has 1 heterocycles. The number of hydrogen-bond donors (Lipinski definition) is 2. The molecule has 0 aromatic rings. The summed E-state index contributed by atoms with van der Waals surface area (Å²) in [5.74, 6) is 0. The van der Waals surface area contributed by atoms with Crippen LogP contribution in [0, 0.1) is 0 Å². The van der Waals surface area contributed by atoms with Crippen molar-refractivity contribution in [3.05, 3.63) is 0 Å². The maximum atomic E-state index is 3.89. The fourth-order valence-electron chi connectivity index (χ4n) is 0.344. The van der Waals surface area contributed by atoms with E-state index in [0.29, 0.717) is 0 Å². The highest BCUT2D eigenvalue weighted by Gasteiger charge is 1.96. The number of hydrogen-bond acceptors (Lipinski definition) is 3. The van der Waals surface area contributed by atoms with E-state index in [1.165, 1.54) is 0 Å². The predicted molar refractivity (Wildman–Crippen MR) is 24.2 cm³/mol. The van der Waals surface area contributed by atoms with Gasteiger partial charge < -0.3 is 5.43 Å². The Morgan fingerprint density at radius 3 is 2.83 bits per heavy atom. The van der Waals surface area contributed by atoms with Crippen LogP contribution in [-0.4, -0.2) is 12.5 Å². The standard InChI is InChI=1S/C3H7N3/c1-3-4-2-5-6-3/h2-3,6H,1H3,(H,4,5)/t3-/m0/s1. The Morgan fingerprint density at radius 2 is 2.67 bits per heavy atom. The van der Waals surface area contributed by atoms with Crippen molar-refractivity contribution in [1.29, 1.82) is 0 Å². The molecule has 0 aromatic heterocycles. The fourth-order valence-corrected chi connectivity index (χ4v) is 0.344. The minimum atomic E-state index is 0.255. The van der Waals surface area contributed by atoms with Gasteiger partial charge in [-0.05, 0) is 6.92 Å². The minimum absolute atomic E-state index is 0.255. The Hall–Kier alpha value is -0.570. The Kier molecular flexibility index (Phi) is 0.759. The van der Waals surface area contributed by atoms with Gasteiger partial charge in [-0.2, -0.15) is 0 Å². The molecule has 0 spiro atoms. The normalized spacial score (nSPS) is 30.5. The second kappa shape index (κ2) is 1.26. The smallest absolute Gasteiger partial charge is 0.115 e. The topological polar surface area (TPSA) is 36.4 Å². The summed E-state index contributed by atoms with van der Waals surface area (Å²) in [5, 5.41) is 0. The van der Waals surface area contributed by atoms with Crippen LogP contribution < -0.4 is 10.9 Å². The van der Waals surface area contributed by atoms with Crippen LogP contribution in [0.2, 0.25) is 0 Å². The van der Waals surface area contributed by atoms with Gasteiger partial charge in [-0.15, -0.1) is 0 Å². The van der Waals surface area contributed by atoms with Crippen LogP contribution in [0.1, 0.15) is 6.92 Å². The molecule has 34 valence electrons. The molecular weight excluding hydrogens is 78.1 g/mol. The summed E-state index contributed by atoms with van der Waals surface area (Å²) in [6.45, 7) is 1.97. The number of nitrogens with zero attached hydrogens (tertiary/aromatic N) is 1. The van der Waals surface area contributed by atoms with Gasteiger partial charge in [-0.1, -0.05) is 0 Å². The average molecular weight is 85.1 g/mol. The first-order valence-electron chi connectivity index (χ1n) is 1.92. The molecule has 1 atom stereocenters. The number of hydrazine groups is 1. The molecule has 1 aliphatic heterocycles. The van der Waals surface area contributed by atoms with Crippen molar-refractivity contribution in [2.45, 2.75) is 13.1 Å². The minimum Gasteiger partial charge on any atom is -0.310 e. The average Bonchev–Trinajstić information content (AvgIpc) is 1.86. The Bertz CT molecular complexity index is 68.4. The largest absolute Gasteiger partial charge is 0.310 e. The molecule has 0 fully saturated rings. The van der Waals surface area contributed by atoms with Crippen molar-refractivity contribution < 1.29 is 0 Å². The van der Waals surface area contributed by atoms with Gasteiger partial charge in [-0.3, -0.25) is 4.99 Å². The quantitative estimate of drug-likeness (QED) is 0.415. The van der Waals surface area contributed by atoms with Crippen molar-refractivity contribution >= 4 is 6.34 Å². The first-order valence-corrected chi connectivity index (χ1v) is 1.92. The molecule has 0 aliphatic carbocycles. The molecule has 6 heavy (non-hydrogen) atoms. The van der Waals surface area contributed by atoms with Crippen LogP contribution in [-0.2, 0) is 0 Å². The molecule has 0 radical (unpaired) electrons. The molecule has 2 N–H and O–H groups in total. The first kappa shape index (κ1) is 3.61. The SMILES string of the molecule is C[C@H]1N=CNN1. The van der Waals surface area contributed by atoms with Gasteiger partial charge in [0.15, 0.2) is 0 Å². The number of nitrogens with one attached hydrogen (secondary N) is 2. The van der Waals surface area contributed by atoms with Crippen LogP contribution in [0.25, 0.3) is 0 Å². The fraction of sp³-hybridized carbons (Fsp3) is 0.667. The molecule has 0 amide bonds. The Labute approximate surface area is 36.4 Å². The van der Waals surface area contributed by atoms with E-state index in [0.717, 1.165) is 0 Å². The molecule has 0 saturated heterocycles. The summed E-state index contributed by atoms with van der Waals surface area (Å²) in [5.41, 5.74) is 5.58. The van der Waals surface area contributed by atoms with Crippen LogP contribution in [0.15, 0.2) is 4.99 Å². The van der Waals surface area contributed by atoms with Crippen LogP contribution >= 0.6 is 0 Å². The lowest BCUT2D eigenvalue weighted by Crippen LogP contribution is -2.28. The summed E-state index contributed by atoms with van der Waals surface area (Å²) < 4.78 is 0. The third-order valence-electron chi connectivity index (χ3n) is 0.655. The monoisotopic (exact) mass is 85.1 g/mol. The summed E-state index contributed by atoms with van der Waals surface area (Å²) in [4.78, 5) is 3.89. The lowest BCUT2D eigenvalue weighted by atomic mass is 10.6. The van der Waals surface area contributed by atoms with Gasteiger partial charge in [0.2, 0.25) is 0 Å². The van der Waals surface area contributed by atoms with E-state index in [4.69, 9.17) is 0 Å². The van der Waals surface area contributed by atoms with Crippen molar-refractivity contribution in [3.63, 3.8) is 0 Å². The highest BCUT2D eigenvalue weighted by Crippen LogP contribution is 1.80. The second-order valence-electron chi connectivity index (χ2n) is 1.24. The molecule has 0 unspecified atom stereocenters. The summed E-state index contributed by atoms with van der Waals surface area (Å²) in [6, 6.07) is 0. The zero-order valence-electron chi connectivity index (χ0n) is 3.60. The van der Waals surface area contributed by atoms with E-state index < -0.39 is 0 Å².